The van der Waals surface area contributed by atoms with Crippen LogP contribution in [0.5, 0.6) is 0 Å². The first kappa shape index (κ1) is 23.4. The predicted octanol–water partition coefficient (Wildman–Crippen LogP) is 2.60. The van der Waals surface area contributed by atoms with Crippen LogP contribution in [0, 0.1) is 17.5 Å². The second-order valence-corrected chi connectivity index (χ2v) is 7.28. The summed E-state index contributed by atoms with van der Waals surface area (Å²) in [5.74, 6) is -5.29. The molecule has 30 heavy (non-hydrogen) atoms. The highest BCUT2D eigenvalue weighted by Crippen LogP contribution is 2.19. The molecular formula is C22H27F3N3O2+. The van der Waals surface area contributed by atoms with Gasteiger partial charge in [0, 0.05) is 0 Å². The average molecular weight is 422 g/mol. The fraction of sp³-hybridized carbons (Fsp3) is 0.364. The number of carbonyl (C=O) groups excluding carboxylic acids is 2. The van der Waals surface area contributed by atoms with Crippen molar-refractivity contribution in [2.45, 2.75) is 38.8 Å². The maximum Gasteiger partial charge on any atom is 0.279 e. The summed E-state index contributed by atoms with van der Waals surface area (Å²) in [6.45, 7) is 3.56. The molecule has 0 spiro atoms. The standard InChI is InChI=1S/C22H26F3N3O2/c1-4-8-17(15-9-6-5-7-10-15)27-22(30)14(2)28(3)13-19(29)26-18-12-11-16(23)20(24)21(18)25/h5-7,9-12,14,17H,4,8,13H2,1-3H3,(H,26,29)(H,27,30)/p+1/t14-,17+/m0/s1. The molecule has 2 aromatic carbocycles. The van der Waals surface area contributed by atoms with Gasteiger partial charge in [0.25, 0.3) is 11.8 Å². The van der Waals surface area contributed by atoms with Crippen LogP contribution in [-0.4, -0.2) is 31.4 Å². The van der Waals surface area contributed by atoms with Crippen molar-refractivity contribution < 1.29 is 27.7 Å². The second-order valence-electron chi connectivity index (χ2n) is 7.28. The highest BCUT2D eigenvalue weighted by molar-refractivity contribution is 5.91. The summed E-state index contributed by atoms with van der Waals surface area (Å²) < 4.78 is 40.0. The van der Waals surface area contributed by atoms with Crippen molar-refractivity contribution in [1.29, 1.82) is 0 Å². The first-order chi connectivity index (χ1) is 14.2. The van der Waals surface area contributed by atoms with Crippen molar-refractivity contribution in [2.24, 2.45) is 0 Å². The third-order valence-electron chi connectivity index (χ3n) is 4.98. The Bertz CT molecular complexity index is 877. The average Bonchev–Trinajstić information content (AvgIpc) is 2.73. The Morgan fingerprint density at radius 1 is 1.03 bits per heavy atom. The highest BCUT2D eigenvalue weighted by Gasteiger charge is 2.26. The summed E-state index contributed by atoms with van der Waals surface area (Å²) in [5, 5.41) is 5.23. The van der Waals surface area contributed by atoms with Gasteiger partial charge < -0.3 is 15.5 Å². The number of nitrogens with one attached hydrogen (secondary N) is 3. The zero-order valence-corrected chi connectivity index (χ0v) is 17.3. The van der Waals surface area contributed by atoms with Crippen LogP contribution < -0.4 is 15.5 Å². The number of hydrogen-bond donors (Lipinski definition) is 3. The summed E-state index contributed by atoms with van der Waals surface area (Å²) >= 11 is 0. The molecule has 0 aliphatic carbocycles. The number of benzene rings is 2. The molecule has 0 aliphatic rings. The van der Waals surface area contributed by atoms with Gasteiger partial charge in [-0.15, -0.1) is 0 Å². The Hall–Kier alpha value is -2.87. The topological polar surface area (TPSA) is 62.6 Å². The molecule has 2 aromatic rings. The Labute approximate surface area is 174 Å². The lowest BCUT2D eigenvalue weighted by Gasteiger charge is -2.24. The van der Waals surface area contributed by atoms with E-state index in [1.807, 2.05) is 37.3 Å². The summed E-state index contributed by atoms with van der Waals surface area (Å²) in [4.78, 5) is 25.5. The number of carbonyl (C=O) groups is 2. The zero-order chi connectivity index (χ0) is 22.3. The van der Waals surface area contributed by atoms with Crippen molar-refractivity contribution >= 4 is 17.5 Å². The van der Waals surface area contributed by atoms with E-state index >= 15 is 0 Å². The number of anilines is 1. The van der Waals surface area contributed by atoms with E-state index in [1.54, 1.807) is 14.0 Å². The van der Waals surface area contributed by atoms with E-state index in [1.165, 1.54) is 0 Å². The Balaban J connectivity index is 1.97. The highest BCUT2D eigenvalue weighted by atomic mass is 19.2. The molecule has 0 bridgehead atoms. The minimum absolute atomic E-state index is 0.135. The quantitative estimate of drug-likeness (QED) is 0.544. The molecule has 2 amide bonds. The molecule has 0 radical (unpaired) electrons. The van der Waals surface area contributed by atoms with Crippen molar-refractivity contribution in [1.82, 2.24) is 5.32 Å². The number of quaternary nitrogens is 1. The fourth-order valence-electron chi connectivity index (χ4n) is 3.04. The summed E-state index contributed by atoms with van der Waals surface area (Å²) in [6, 6.07) is 10.6. The number of amides is 2. The van der Waals surface area contributed by atoms with Gasteiger partial charge in [0.15, 0.2) is 30.0 Å². The predicted molar refractivity (Wildman–Crippen MR) is 108 cm³/mol. The van der Waals surface area contributed by atoms with Crippen molar-refractivity contribution in [3.8, 4) is 0 Å². The van der Waals surface area contributed by atoms with Gasteiger partial charge in [0.2, 0.25) is 0 Å². The molecular weight excluding hydrogens is 395 g/mol. The molecule has 162 valence electrons. The van der Waals surface area contributed by atoms with Gasteiger partial charge >= 0.3 is 0 Å². The molecule has 0 saturated carbocycles. The van der Waals surface area contributed by atoms with Crippen molar-refractivity contribution in [2.75, 3.05) is 18.9 Å². The first-order valence-electron chi connectivity index (χ1n) is 9.85. The van der Waals surface area contributed by atoms with Gasteiger partial charge in [0.05, 0.1) is 18.8 Å². The molecule has 8 heteroatoms. The van der Waals surface area contributed by atoms with Gasteiger partial charge in [-0.05, 0) is 31.0 Å². The van der Waals surface area contributed by atoms with Crippen LogP contribution in [0.1, 0.15) is 38.3 Å². The lowest BCUT2D eigenvalue weighted by atomic mass is 10.0. The van der Waals surface area contributed by atoms with Crippen molar-refractivity contribution in [3.63, 3.8) is 0 Å². The third-order valence-corrected chi connectivity index (χ3v) is 4.98. The monoisotopic (exact) mass is 422 g/mol. The van der Waals surface area contributed by atoms with Crippen LogP contribution in [0.4, 0.5) is 18.9 Å². The summed E-state index contributed by atoms with van der Waals surface area (Å²) in [6.07, 6.45) is 1.66. The maximum atomic E-state index is 13.7. The molecule has 0 saturated heterocycles. The zero-order valence-electron chi connectivity index (χ0n) is 17.3. The summed E-state index contributed by atoms with van der Waals surface area (Å²) in [7, 11) is 1.66. The van der Waals surface area contributed by atoms with Gasteiger partial charge in [-0.3, -0.25) is 9.59 Å². The summed E-state index contributed by atoms with van der Waals surface area (Å²) in [5.41, 5.74) is 0.556. The Morgan fingerprint density at radius 2 is 1.70 bits per heavy atom. The molecule has 0 aromatic heterocycles. The van der Waals surface area contributed by atoms with Crippen LogP contribution in [0.2, 0.25) is 0 Å². The number of likely N-dealkylation sites (N-methyl/N-ethyl adjacent to an activating group) is 1. The van der Waals surface area contributed by atoms with Gasteiger partial charge in [-0.2, -0.15) is 0 Å². The molecule has 0 fully saturated rings. The minimum atomic E-state index is -1.65. The Morgan fingerprint density at radius 3 is 2.33 bits per heavy atom. The largest absolute Gasteiger partial charge is 0.344 e. The Kier molecular flexibility index (Phi) is 8.41. The van der Waals surface area contributed by atoms with E-state index in [0.717, 1.165) is 30.5 Å². The van der Waals surface area contributed by atoms with E-state index in [-0.39, 0.29) is 18.5 Å². The van der Waals surface area contributed by atoms with Crippen LogP contribution in [0.15, 0.2) is 42.5 Å². The number of hydrogen-bond acceptors (Lipinski definition) is 2. The van der Waals surface area contributed by atoms with Gasteiger partial charge in [0.1, 0.15) is 0 Å². The van der Waals surface area contributed by atoms with E-state index in [2.05, 4.69) is 10.6 Å². The van der Waals surface area contributed by atoms with Gasteiger partial charge in [-0.1, -0.05) is 43.7 Å². The maximum absolute atomic E-state index is 13.7. The lowest BCUT2D eigenvalue weighted by molar-refractivity contribution is -0.885. The van der Waals surface area contributed by atoms with E-state index < -0.39 is 35.1 Å². The van der Waals surface area contributed by atoms with Crippen LogP contribution in [0.25, 0.3) is 0 Å². The SMILES string of the molecule is CCC[C@@H](NC(=O)[C@H](C)[NH+](C)CC(=O)Nc1ccc(F)c(F)c1F)c1ccccc1. The molecule has 2 rings (SSSR count). The van der Waals surface area contributed by atoms with E-state index in [0.29, 0.717) is 4.90 Å². The second kappa shape index (κ2) is 10.8. The number of halogens is 3. The van der Waals surface area contributed by atoms with Crippen LogP contribution in [0.3, 0.4) is 0 Å². The van der Waals surface area contributed by atoms with E-state index in [4.69, 9.17) is 0 Å². The van der Waals surface area contributed by atoms with Crippen molar-refractivity contribution in [3.05, 3.63) is 65.5 Å². The van der Waals surface area contributed by atoms with Crippen LogP contribution in [-0.2, 0) is 9.59 Å². The molecule has 1 unspecified atom stereocenters. The fourth-order valence-corrected chi connectivity index (χ4v) is 3.04. The molecule has 3 atom stereocenters. The normalized spacial score (nSPS) is 13.9. The molecule has 0 aliphatic heterocycles. The lowest BCUT2D eigenvalue weighted by Crippen LogP contribution is -3.15. The molecule has 5 nitrogen and oxygen atoms in total. The van der Waals surface area contributed by atoms with E-state index in [9.17, 15) is 22.8 Å². The van der Waals surface area contributed by atoms with Crippen LogP contribution >= 0.6 is 0 Å². The first-order valence-corrected chi connectivity index (χ1v) is 9.85. The molecule has 3 N–H and O–H groups in total. The third kappa shape index (κ3) is 6.06. The van der Waals surface area contributed by atoms with Gasteiger partial charge in [-0.25, -0.2) is 13.2 Å². The molecule has 0 heterocycles. The smallest absolute Gasteiger partial charge is 0.279 e. The minimum Gasteiger partial charge on any atom is -0.344 e. The number of rotatable bonds is 9.